The fourth-order valence-corrected chi connectivity index (χ4v) is 1.33. The summed E-state index contributed by atoms with van der Waals surface area (Å²) in [4.78, 5) is 21.3. The summed E-state index contributed by atoms with van der Waals surface area (Å²) in [6.07, 6.45) is 0. The first-order valence-corrected chi connectivity index (χ1v) is 5.32. The van der Waals surface area contributed by atoms with Crippen LogP contribution in [0.2, 0.25) is 0 Å². The molecule has 0 aliphatic carbocycles. The third-order valence-corrected chi connectivity index (χ3v) is 2.23. The highest BCUT2D eigenvalue weighted by atomic mass is 16.1. The minimum atomic E-state index is -0.115. The van der Waals surface area contributed by atoms with Gasteiger partial charge in [0.25, 0.3) is 0 Å². The lowest BCUT2D eigenvalue weighted by Gasteiger charge is -2.19. The van der Waals surface area contributed by atoms with E-state index in [1.165, 1.54) is 0 Å². The minimum Gasteiger partial charge on any atom is -0.358 e. The molecular weight excluding hydrogens is 218 g/mol. The molecule has 0 atom stereocenters. The number of nitrogens with zero attached hydrogens (tertiary/aromatic N) is 4. The monoisotopic (exact) mass is 233 g/mol. The van der Waals surface area contributed by atoms with Gasteiger partial charge in [0.15, 0.2) is 0 Å². The molecule has 0 radical (unpaired) electrons. The quantitative estimate of drug-likeness (QED) is 0.805. The maximum atomic E-state index is 11.3. The van der Waals surface area contributed by atoms with Crippen LogP contribution in [0.15, 0.2) is 6.07 Å². The largest absolute Gasteiger partial charge is 0.358 e. The number of hydrogen-bond acceptors (Lipinski definition) is 5. The third-order valence-electron chi connectivity index (χ3n) is 2.23. The molecule has 1 aromatic heterocycles. The van der Waals surface area contributed by atoms with Crippen molar-refractivity contribution in [2.45, 2.75) is 13.8 Å². The fourth-order valence-electron chi connectivity index (χ4n) is 1.33. The molecule has 1 N–H and O–H groups in total. The molecule has 17 heavy (non-hydrogen) atoms. The topological polar surface area (TPSA) is 81.9 Å². The summed E-state index contributed by atoms with van der Waals surface area (Å²) in [5, 5.41) is 11.4. The Balaban J connectivity index is 2.99. The Morgan fingerprint density at radius 1 is 1.59 bits per heavy atom. The summed E-state index contributed by atoms with van der Waals surface area (Å²) in [6, 6.07) is 3.58. The van der Waals surface area contributed by atoms with Crippen molar-refractivity contribution in [2.75, 3.05) is 25.0 Å². The zero-order valence-electron chi connectivity index (χ0n) is 10.2. The summed E-state index contributed by atoms with van der Waals surface area (Å²) in [6.45, 7) is 4.48. The number of carbonyl (C=O) groups is 1. The van der Waals surface area contributed by atoms with Crippen LogP contribution in [0.5, 0.6) is 0 Å². The lowest BCUT2D eigenvalue weighted by atomic mass is 10.3. The van der Waals surface area contributed by atoms with Crippen molar-refractivity contribution in [3.8, 4) is 6.07 Å². The van der Waals surface area contributed by atoms with E-state index < -0.39 is 0 Å². The number of nitrogens with one attached hydrogen (secondary N) is 1. The molecule has 0 fully saturated rings. The van der Waals surface area contributed by atoms with Gasteiger partial charge in [-0.2, -0.15) is 5.26 Å². The van der Waals surface area contributed by atoms with E-state index in [1.54, 1.807) is 24.9 Å². The Labute approximate surface area is 100 Å². The molecule has 1 rings (SSSR count). The highest BCUT2D eigenvalue weighted by molar-refractivity contribution is 5.80. The number of anilines is 1. The van der Waals surface area contributed by atoms with E-state index in [1.807, 2.05) is 13.0 Å². The van der Waals surface area contributed by atoms with E-state index in [9.17, 15) is 4.79 Å². The number of aromatic nitrogens is 2. The maximum absolute atomic E-state index is 11.3. The van der Waals surface area contributed by atoms with Crippen molar-refractivity contribution in [3.63, 3.8) is 0 Å². The number of likely N-dealkylation sites (N-methyl/N-ethyl adjacent to an activating group) is 2. The Bertz CT molecular complexity index is 452. The first-order valence-electron chi connectivity index (χ1n) is 5.32. The number of hydrogen-bond donors (Lipinski definition) is 1. The second-order valence-electron chi connectivity index (χ2n) is 3.49. The zero-order chi connectivity index (χ0) is 12.8. The fraction of sp³-hybridized carbons (Fsp3) is 0.455. The third kappa shape index (κ3) is 3.41. The smallest absolute Gasteiger partial charge is 0.239 e. The van der Waals surface area contributed by atoms with Crippen LogP contribution in [0, 0.1) is 18.3 Å². The van der Waals surface area contributed by atoms with Crippen molar-refractivity contribution >= 4 is 11.9 Å². The van der Waals surface area contributed by atoms with Gasteiger partial charge in [0.1, 0.15) is 11.8 Å². The van der Waals surface area contributed by atoms with Crippen LogP contribution in [0.4, 0.5) is 5.95 Å². The number of carbonyl (C=O) groups excluding carboxylic acids is 1. The van der Waals surface area contributed by atoms with E-state index in [-0.39, 0.29) is 12.5 Å². The predicted octanol–water partition coefficient (Wildman–Crippen LogP) is 0.229. The molecule has 0 unspecified atom stereocenters. The normalized spacial score (nSPS) is 9.53. The minimum absolute atomic E-state index is 0.115. The summed E-state index contributed by atoms with van der Waals surface area (Å²) in [7, 11) is 1.58. The highest BCUT2D eigenvalue weighted by Crippen LogP contribution is 2.09. The average molecular weight is 233 g/mol. The molecule has 1 aromatic rings. The number of rotatable bonds is 4. The SMILES string of the molecule is CCN(CC(=O)NC)c1nc(C)cc(C#N)n1. The zero-order valence-corrected chi connectivity index (χ0v) is 10.2. The molecule has 0 spiro atoms. The Kier molecular flexibility index (Phi) is 4.40. The molecule has 0 saturated heterocycles. The van der Waals surface area contributed by atoms with Gasteiger partial charge in [-0.3, -0.25) is 4.79 Å². The van der Waals surface area contributed by atoms with Crippen LogP contribution >= 0.6 is 0 Å². The molecule has 0 aliphatic rings. The van der Waals surface area contributed by atoms with Crippen molar-refractivity contribution in [3.05, 3.63) is 17.5 Å². The number of amides is 1. The van der Waals surface area contributed by atoms with E-state index in [4.69, 9.17) is 5.26 Å². The molecule has 90 valence electrons. The molecule has 1 heterocycles. The van der Waals surface area contributed by atoms with Gasteiger partial charge in [-0.15, -0.1) is 0 Å². The molecule has 1 amide bonds. The predicted molar refractivity (Wildman–Crippen MR) is 63.4 cm³/mol. The van der Waals surface area contributed by atoms with E-state index in [0.29, 0.717) is 23.9 Å². The highest BCUT2D eigenvalue weighted by Gasteiger charge is 2.12. The molecule has 0 saturated carbocycles. The summed E-state index contributed by atoms with van der Waals surface area (Å²) in [5.74, 6) is 0.295. The van der Waals surface area contributed by atoms with Gasteiger partial charge in [-0.25, -0.2) is 9.97 Å². The molecule has 6 heteroatoms. The van der Waals surface area contributed by atoms with Gasteiger partial charge in [-0.05, 0) is 19.9 Å². The second-order valence-corrected chi connectivity index (χ2v) is 3.49. The summed E-state index contributed by atoms with van der Waals surface area (Å²) < 4.78 is 0. The van der Waals surface area contributed by atoms with Crippen LogP contribution in [0.25, 0.3) is 0 Å². The Morgan fingerprint density at radius 2 is 2.29 bits per heavy atom. The van der Waals surface area contributed by atoms with Crippen LogP contribution in [0.1, 0.15) is 18.3 Å². The van der Waals surface area contributed by atoms with Gasteiger partial charge in [0.2, 0.25) is 11.9 Å². The summed E-state index contributed by atoms with van der Waals surface area (Å²) in [5.41, 5.74) is 1.02. The van der Waals surface area contributed by atoms with Crippen molar-refractivity contribution in [2.24, 2.45) is 0 Å². The van der Waals surface area contributed by atoms with Gasteiger partial charge in [-0.1, -0.05) is 0 Å². The first kappa shape index (κ1) is 12.9. The van der Waals surface area contributed by atoms with Gasteiger partial charge in [0, 0.05) is 19.3 Å². The van der Waals surface area contributed by atoms with Crippen molar-refractivity contribution < 1.29 is 4.79 Å². The Morgan fingerprint density at radius 3 is 2.82 bits per heavy atom. The first-order chi connectivity index (χ1) is 8.10. The van der Waals surface area contributed by atoms with Crippen LogP contribution in [-0.4, -0.2) is 36.0 Å². The van der Waals surface area contributed by atoms with E-state index in [0.717, 1.165) is 0 Å². The molecule has 0 aromatic carbocycles. The van der Waals surface area contributed by atoms with E-state index in [2.05, 4.69) is 15.3 Å². The Hall–Kier alpha value is -2.16. The molecule has 0 aliphatic heterocycles. The number of nitriles is 1. The molecule has 0 bridgehead atoms. The molecular formula is C11H15N5O. The van der Waals surface area contributed by atoms with Crippen LogP contribution in [-0.2, 0) is 4.79 Å². The van der Waals surface area contributed by atoms with Crippen LogP contribution in [0.3, 0.4) is 0 Å². The van der Waals surface area contributed by atoms with Gasteiger partial charge >= 0.3 is 0 Å². The number of aryl methyl sites for hydroxylation is 1. The van der Waals surface area contributed by atoms with E-state index >= 15 is 0 Å². The molecule has 6 nitrogen and oxygen atoms in total. The lowest BCUT2D eigenvalue weighted by molar-refractivity contribution is -0.119. The van der Waals surface area contributed by atoms with Crippen LogP contribution < -0.4 is 10.2 Å². The van der Waals surface area contributed by atoms with Gasteiger partial charge < -0.3 is 10.2 Å². The average Bonchev–Trinajstić information content (AvgIpc) is 2.34. The van der Waals surface area contributed by atoms with Crippen molar-refractivity contribution in [1.82, 2.24) is 15.3 Å². The second kappa shape index (κ2) is 5.80. The maximum Gasteiger partial charge on any atom is 0.239 e. The standard InChI is InChI=1S/C11H15N5O/c1-4-16(7-10(17)13-3)11-14-8(2)5-9(6-12)15-11/h5H,4,7H2,1-3H3,(H,13,17). The lowest BCUT2D eigenvalue weighted by Crippen LogP contribution is -2.36. The van der Waals surface area contributed by atoms with Crippen molar-refractivity contribution in [1.29, 1.82) is 5.26 Å². The van der Waals surface area contributed by atoms with Gasteiger partial charge in [0.05, 0.1) is 6.54 Å². The summed E-state index contributed by atoms with van der Waals surface area (Å²) >= 11 is 0.